The van der Waals surface area contributed by atoms with E-state index in [0.717, 1.165) is 16.9 Å². The number of halogens is 1. The maximum absolute atomic E-state index is 12.2. The van der Waals surface area contributed by atoms with Gasteiger partial charge in [0.05, 0.1) is 12.5 Å². The number of carbonyl (C=O) groups excluding carboxylic acids is 1. The molecule has 0 aliphatic heterocycles. The van der Waals surface area contributed by atoms with Crippen LogP contribution in [0.5, 0.6) is 5.75 Å². The maximum atomic E-state index is 12.2. The number of amides is 1. The molecule has 0 fully saturated rings. The first-order chi connectivity index (χ1) is 10.2. The van der Waals surface area contributed by atoms with Crippen molar-refractivity contribution < 1.29 is 9.53 Å². The molecule has 5 heteroatoms. The van der Waals surface area contributed by atoms with Crippen LogP contribution in [0.1, 0.15) is 28.5 Å². The van der Waals surface area contributed by atoms with Crippen LogP contribution in [0, 0.1) is 6.92 Å². The summed E-state index contributed by atoms with van der Waals surface area (Å²) in [6, 6.07) is 9.06. The van der Waals surface area contributed by atoms with Gasteiger partial charge in [0.1, 0.15) is 11.4 Å². The van der Waals surface area contributed by atoms with Crippen LogP contribution in [0.3, 0.4) is 0 Å². The summed E-state index contributed by atoms with van der Waals surface area (Å²) in [6.45, 7) is 4.34. The van der Waals surface area contributed by atoms with Gasteiger partial charge in [0, 0.05) is 17.4 Å². The first kappa shape index (κ1) is 15.3. The SMILES string of the molecule is CCOc1ccc(NC(=O)c2ncccc2C)cc1CCl. The molecule has 21 heavy (non-hydrogen) atoms. The summed E-state index contributed by atoms with van der Waals surface area (Å²) >= 11 is 5.91. The Bertz CT molecular complexity index is 644. The second-order valence-corrected chi connectivity index (χ2v) is 4.78. The molecule has 0 aliphatic rings. The molecule has 110 valence electrons. The number of aryl methyl sites for hydroxylation is 1. The average molecular weight is 305 g/mol. The van der Waals surface area contributed by atoms with Crippen molar-refractivity contribution in [1.82, 2.24) is 4.98 Å². The number of rotatable bonds is 5. The highest BCUT2D eigenvalue weighted by Crippen LogP contribution is 2.25. The Kier molecular flexibility index (Phi) is 5.17. The molecule has 1 N–H and O–H groups in total. The maximum Gasteiger partial charge on any atom is 0.274 e. The Morgan fingerprint density at radius 1 is 1.38 bits per heavy atom. The lowest BCUT2D eigenvalue weighted by molar-refractivity contribution is 0.102. The Hall–Kier alpha value is -2.07. The van der Waals surface area contributed by atoms with Crippen LogP contribution in [0.4, 0.5) is 5.69 Å². The largest absolute Gasteiger partial charge is 0.494 e. The fourth-order valence-electron chi connectivity index (χ4n) is 1.97. The lowest BCUT2D eigenvalue weighted by Crippen LogP contribution is -2.15. The fraction of sp³-hybridized carbons (Fsp3) is 0.250. The van der Waals surface area contributed by atoms with Crippen molar-refractivity contribution in [1.29, 1.82) is 0 Å². The van der Waals surface area contributed by atoms with Gasteiger partial charge in [-0.25, -0.2) is 0 Å². The van der Waals surface area contributed by atoms with E-state index < -0.39 is 0 Å². The van der Waals surface area contributed by atoms with Crippen LogP contribution in [0.25, 0.3) is 0 Å². The number of anilines is 1. The Balaban J connectivity index is 2.20. The number of aromatic nitrogens is 1. The normalized spacial score (nSPS) is 10.2. The zero-order valence-electron chi connectivity index (χ0n) is 12.0. The smallest absolute Gasteiger partial charge is 0.274 e. The predicted molar refractivity (Wildman–Crippen MR) is 84.1 cm³/mol. The highest BCUT2D eigenvalue weighted by Gasteiger charge is 2.11. The summed E-state index contributed by atoms with van der Waals surface area (Å²) in [5.41, 5.74) is 2.76. The number of nitrogens with one attached hydrogen (secondary N) is 1. The molecule has 0 aliphatic carbocycles. The van der Waals surface area contributed by atoms with E-state index in [4.69, 9.17) is 16.3 Å². The van der Waals surface area contributed by atoms with Crippen LogP contribution in [0.2, 0.25) is 0 Å². The van der Waals surface area contributed by atoms with Gasteiger partial charge in [0.15, 0.2) is 0 Å². The van der Waals surface area contributed by atoms with Gasteiger partial charge < -0.3 is 10.1 Å². The molecule has 1 aromatic carbocycles. The van der Waals surface area contributed by atoms with Crippen LogP contribution in [-0.2, 0) is 5.88 Å². The molecule has 2 aromatic rings. The standard InChI is InChI=1S/C16H17ClN2O2/c1-3-21-14-7-6-13(9-12(14)10-17)19-16(20)15-11(2)5-4-8-18-15/h4-9H,3,10H2,1-2H3,(H,19,20). The van der Waals surface area contributed by atoms with E-state index in [9.17, 15) is 4.79 Å². The minimum absolute atomic E-state index is 0.238. The van der Waals surface area contributed by atoms with Gasteiger partial charge in [-0.1, -0.05) is 6.07 Å². The number of alkyl halides is 1. The Labute approximate surface area is 129 Å². The van der Waals surface area contributed by atoms with Crippen molar-refractivity contribution in [2.45, 2.75) is 19.7 Å². The lowest BCUT2D eigenvalue weighted by Gasteiger charge is -2.11. The molecule has 4 nitrogen and oxygen atoms in total. The third-order valence-corrected chi connectivity index (χ3v) is 3.27. The fourth-order valence-corrected chi connectivity index (χ4v) is 2.18. The van der Waals surface area contributed by atoms with E-state index >= 15 is 0 Å². The number of nitrogens with zero attached hydrogens (tertiary/aromatic N) is 1. The first-order valence-corrected chi connectivity index (χ1v) is 7.23. The molecular weight excluding hydrogens is 288 g/mol. The summed E-state index contributed by atoms with van der Waals surface area (Å²) in [7, 11) is 0. The predicted octanol–water partition coefficient (Wildman–Crippen LogP) is 3.78. The molecular formula is C16H17ClN2O2. The summed E-state index contributed by atoms with van der Waals surface area (Å²) < 4.78 is 5.48. The van der Waals surface area contributed by atoms with Crippen molar-refractivity contribution >= 4 is 23.2 Å². The third-order valence-electron chi connectivity index (χ3n) is 2.99. The van der Waals surface area contributed by atoms with Crippen molar-refractivity contribution in [2.75, 3.05) is 11.9 Å². The Morgan fingerprint density at radius 2 is 2.19 bits per heavy atom. The van der Waals surface area contributed by atoms with E-state index in [1.54, 1.807) is 18.3 Å². The summed E-state index contributed by atoms with van der Waals surface area (Å²) in [5, 5.41) is 2.83. The van der Waals surface area contributed by atoms with E-state index in [1.165, 1.54) is 0 Å². The van der Waals surface area contributed by atoms with Crippen LogP contribution >= 0.6 is 11.6 Å². The van der Waals surface area contributed by atoms with Crippen LogP contribution in [0.15, 0.2) is 36.5 Å². The summed E-state index contributed by atoms with van der Waals surface area (Å²) in [6.07, 6.45) is 1.60. The van der Waals surface area contributed by atoms with Crippen LogP contribution < -0.4 is 10.1 Å². The quantitative estimate of drug-likeness (QED) is 0.855. The zero-order chi connectivity index (χ0) is 15.2. The highest BCUT2D eigenvalue weighted by atomic mass is 35.5. The second kappa shape index (κ2) is 7.09. The molecule has 0 saturated heterocycles. The number of ether oxygens (including phenoxy) is 1. The molecule has 1 aromatic heterocycles. The molecule has 0 radical (unpaired) electrons. The van der Waals surface area contributed by atoms with Crippen molar-refractivity contribution in [2.24, 2.45) is 0 Å². The second-order valence-electron chi connectivity index (χ2n) is 4.51. The van der Waals surface area contributed by atoms with Crippen LogP contribution in [-0.4, -0.2) is 17.5 Å². The van der Waals surface area contributed by atoms with E-state index in [0.29, 0.717) is 23.9 Å². The number of hydrogen-bond donors (Lipinski definition) is 1. The van der Waals surface area contributed by atoms with Crippen molar-refractivity contribution in [3.63, 3.8) is 0 Å². The molecule has 0 spiro atoms. The van der Waals surface area contributed by atoms with Gasteiger partial charge in [0.2, 0.25) is 0 Å². The van der Waals surface area contributed by atoms with Crippen molar-refractivity contribution in [3.8, 4) is 5.75 Å². The van der Waals surface area contributed by atoms with Gasteiger partial charge in [-0.3, -0.25) is 9.78 Å². The molecule has 2 rings (SSSR count). The highest BCUT2D eigenvalue weighted by molar-refractivity contribution is 6.17. The number of benzene rings is 1. The lowest BCUT2D eigenvalue weighted by atomic mass is 10.1. The monoisotopic (exact) mass is 304 g/mol. The molecule has 0 unspecified atom stereocenters. The van der Waals surface area contributed by atoms with Crippen molar-refractivity contribution in [3.05, 3.63) is 53.3 Å². The number of carbonyl (C=O) groups is 1. The molecule has 0 atom stereocenters. The minimum atomic E-state index is -0.238. The molecule has 1 amide bonds. The van der Waals surface area contributed by atoms with Gasteiger partial charge in [-0.05, 0) is 43.7 Å². The topological polar surface area (TPSA) is 51.2 Å². The number of pyridine rings is 1. The van der Waals surface area contributed by atoms with E-state index in [2.05, 4.69) is 10.3 Å². The van der Waals surface area contributed by atoms with Gasteiger partial charge in [-0.2, -0.15) is 0 Å². The van der Waals surface area contributed by atoms with E-state index in [-0.39, 0.29) is 5.91 Å². The van der Waals surface area contributed by atoms with E-state index in [1.807, 2.05) is 32.0 Å². The summed E-state index contributed by atoms with van der Waals surface area (Å²) in [4.78, 5) is 16.3. The number of hydrogen-bond acceptors (Lipinski definition) is 3. The first-order valence-electron chi connectivity index (χ1n) is 6.70. The molecule has 0 saturated carbocycles. The average Bonchev–Trinajstić information content (AvgIpc) is 2.49. The van der Waals surface area contributed by atoms with Gasteiger partial charge in [-0.15, -0.1) is 11.6 Å². The molecule has 0 bridgehead atoms. The minimum Gasteiger partial charge on any atom is -0.494 e. The Morgan fingerprint density at radius 3 is 2.86 bits per heavy atom. The third kappa shape index (κ3) is 3.73. The van der Waals surface area contributed by atoms with Gasteiger partial charge in [0.25, 0.3) is 5.91 Å². The van der Waals surface area contributed by atoms with Gasteiger partial charge >= 0.3 is 0 Å². The molecule has 1 heterocycles. The zero-order valence-corrected chi connectivity index (χ0v) is 12.8. The summed E-state index contributed by atoms with van der Waals surface area (Å²) in [5.74, 6) is 0.819.